The summed E-state index contributed by atoms with van der Waals surface area (Å²) in [5.41, 5.74) is -1.53. The lowest BCUT2D eigenvalue weighted by atomic mass is 10.2. The number of methoxy groups -OCH3 is 1. The number of hydrogen-bond acceptors (Lipinski definition) is 5. The van der Waals surface area contributed by atoms with E-state index in [0.29, 0.717) is 9.52 Å². The zero-order chi connectivity index (χ0) is 20.0. The summed E-state index contributed by atoms with van der Waals surface area (Å²) in [4.78, 5) is 16.8. The van der Waals surface area contributed by atoms with Crippen LogP contribution in [0.2, 0.25) is 0 Å². The molecule has 0 aromatic carbocycles. The third kappa shape index (κ3) is 4.41. The number of carbonyl (C=O) groups excluding carboxylic acids is 1. The molecule has 1 N–H and O–H groups in total. The minimum Gasteiger partial charge on any atom is -0.377 e. The molecule has 0 bridgehead atoms. The Kier molecular flexibility index (Phi) is 5.20. The standard InChI is InChI=1S/C13H13ClF5N5O2S/c1-26-5-8-22-24-9(13(17,18)19)7(21-11(24)27-8)4-23-3-6(20-10(23)25)2-12(14,15)16/h6H,2-5H2,1H3,(H,20,25). The van der Waals surface area contributed by atoms with Gasteiger partial charge in [0.2, 0.25) is 4.96 Å². The molecule has 0 radical (unpaired) electrons. The second kappa shape index (κ2) is 7.02. The van der Waals surface area contributed by atoms with E-state index >= 15 is 0 Å². The largest absolute Gasteiger partial charge is 0.435 e. The first kappa shape index (κ1) is 20.0. The van der Waals surface area contributed by atoms with Gasteiger partial charge in [-0.05, 0) is 11.6 Å². The van der Waals surface area contributed by atoms with E-state index < -0.39 is 48.0 Å². The Bertz CT molecular complexity index is 849. The third-order valence-corrected chi connectivity index (χ3v) is 4.76. The van der Waals surface area contributed by atoms with Crippen LogP contribution >= 0.6 is 22.9 Å². The summed E-state index contributed by atoms with van der Waals surface area (Å²) in [6.07, 6.45) is -5.60. The van der Waals surface area contributed by atoms with Gasteiger partial charge in [0.25, 0.3) is 0 Å². The normalized spacial score (nSPS) is 18.6. The zero-order valence-corrected chi connectivity index (χ0v) is 15.3. The third-order valence-electron chi connectivity index (χ3n) is 3.73. The number of rotatable bonds is 6. The van der Waals surface area contributed by atoms with Gasteiger partial charge in [0.15, 0.2) is 5.69 Å². The molecule has 2 aromatic rings. The van der Waals surface area contributed by atoms with Crippen LogP contribution in [0.25, 0.3) is 4.96 Å². The second-order valence-electron chi connectivity index (χ2n) is 5.87. The Labute approximate surface area is 158 Å². The fourth-order valence-corrected chi connectivity index (χ4v) is 3.85. The van der Waals surface area contributed by atoms with Crippen molar-refractivity contribution in [2.75, 3.05) is 13.7 Å². The number of nitrogens with zero attached hydrogens (tertiary/aromatic N) is 4. The molecule has 150 valence electrons. The summed E-state index contributed by atoms with van der Waals surface area (Å²) in [6, 6.07) is -1.74. The number of fused-ring (bicyclic) bond motifs is 1. The van der Waals surface area contributed by atoms with Crippen molar-refractivity contribution in [2.24, 2.45) is 0 Å². The fraction of sp³-hybridized carbons (Fsp3) is 0.615. The molecule has 0 aliphatic carbocycles. The molecule has 0 spiro atoms. The summed E-state index contributed by atoms with van der Waals surface area (Å²) in [6.45, 7) is -0.684. The van der Waals surface area contributed by atoms with Crippen LogP contribution < -0.4 is 5.32 Å². The van der Waals surface area contributed by atoms with Crippen LogP contribution in [0.15, 0.2) is 0 Å². The molecule has 1 fully saturated rings. The zero-order valence-electron chi connectivity index (χ0n) is 13.7. The van der Waals surface area contributed by atoms with E-state index in [9.17, 15) is 26.7 Å². The number of imidazole rings is 1. The predicted molar refractivity (Wildman–Crippen MR) is 84.7 cm³/mol. The molecule has 0 saturated carbocycles. The number of urea groups is 1. The summed E-state index contributed by atoms with van der Waals surface area (Å²) >= 11 is 5.77. The number of hydrogen-bond donors (Lipinski definition) is 1. The van der Waals surface area contributed by atoms with E-state index in [-0.39, 0.29) is 18.1 Å². The van der Waals surface area contributed by atoms with Gasteiger partial charge in [-0.15, -0.1) is 0 Å². The molecule has 3 rings (SSSR count). The van der Waals surface area contributed by atoms with E-state index in [0.717, 1.165) is 16.2 Å². The van der Waals surface area contributed by atoms with Crippen LogP contribution in [0.3, 0.4) is 0 Å². The maximum Gasteiger partial charge on any atom is 0.435 e. The van der Waals surface area contributed by atoms with Gasteiger partial charge in [0, 0.05) is 20.1 Å². The van der Waals surface area contributed by atoms with Crippen LogP contribution in [0.4, 0.5) is 26.7 Å². The monoisotopic (exact) mass is 433 g/mol. The first-order valence-corrected chi connectivity index (χ1v) is 8.73. The molecule has 27 heavy (non-hydrogen) atoms. The van der Waals surface area contributed by atoms with E-state index in [2.05, 4.69) is 15.4 Å². The van der Waals surface area contributed by atoms with Gasteiger partial charge >= 0.3 is 17.6 Å². The van der Waals surface area contributed by atoms with Crippen molar-refractivity contribution in [1.29, 1.82) is 0 Å². The topological polar surface area (TPSA) is 71.8 Å². The van der Waals surface area contributed by atoms with Crippen molar-refractivity contribution in [3.8, 4) is 0 Å². The van der Waals surface area contributed by atoms with Crippen molar-refractivity contribution in [1.82, 2.24) is 24.8 Å². The minimum atomic E-state index is -4.77. The minimum absolute atomic E-state index is 0.00665. The van der Waals surface area contributed by atoms with Gasteiger partial charge in [-0.25, -0.2) is 9.78 Å². The van der Waals surface area contributed by atoms with Gasteiger partial charge < -0.3 is 15.0 Å². The molecular weight excluding hydrogens is 421 g/mol. The van der Waals surface area contributed by atoms with Gasteiger partial charge in [-0.1, -0.05) is 11.3 Å². The van der Waals surface area contributed by atoms with Crippen LogP contribution in [0.1, 0.15) is 22.8 Å². The molecule has 7 nitrogen and oxygen atoms in total. The number of aromatic nitrogens is 3. The molecule has 14 heteroatoms. The lowest BCUT2D eigenvalue weighted by molar-refractivity contribution is -0.143. The van der Waals surface area contributed by atoms with E-state index in [1.165, 1.54) is 7.11 Å². The smallest absolute Gasteiger partial charge is 0.377 e. The number of halogens is 6. The molecule has 2 aromatic heterocycles. The molecule has 1 saturated heterocycles. The van der Waals surface area contributed by atoms with Crippen LogP contribution in [0, 0.1) is 0 Å². The maximum atomic E-state index is 13.5. The van der Waals surface area contributed by atoms with Crippen molar-refractivity contribution in [3.05, 3.63) is 16.4 Å². The highest BCUT2D eigenvalue weighted by Gasteiger charge is 2.42. The second-order valence-corrected chi connectivity index (χ2v) is 7.47. The van der Waals surface area contributed by atoms with Crippen LogP contribution in [0.5, 0.6) is 0 Å². The summed E-state index contributed by atoms with van der Waals surface area (Å²) in [7, 11) is 1.38. The molecule has 1 aliphatic heterocycles. The highest BCUT2D eigenvalue weighted by Crippen LogP contribution is 2.35. The molecule has 1 aliphatic rings. The number of nitrogens with one attached hydrogen (secondary N) is 1. The van der Waals surface area contributed by atoms with Gasteiger partial charge in [0.1, 0.15) is 5.01 Å². The number of alkyl halides is 6. The summed E-state index contributed by atoms with van der Waals surface area (Å²) in [5, 5.41) is 2.89. The van der Waals surface area contributed by atoms with Crippen molar-refractivity contribution in [2.45, 2.75) is 37.2 Å². The predicted octanol–water partition coefficient (Wildman–Crippen LogP) is 3.07. The number of amides is 2. The Balaban J connectivity index is 1.86. The molecular formula is C13H13ClF5N5O2S. The highest BCUT2D eigenvalue weighted by atomic mass is 35.5. The number of ether oxygens (including phenoxy) is 1. The summed E-state index contributed by atoms with van der Waals surface area (Å²) < 4.78 is 71.8. The van der Waals surface area contributed by atoms with Gasteiger partial charge in [-0.3, -0.25) is 0 Å². The average molecular weight is 434 g/mol. The average Bonchev–Trinajstić information content (AvgIpc) is 3.09. The van der Waals surface area contributed by atoms with E-state index in [1.54, 1.807) is 0 Å². The fourth-order valence-electron chi connectivity index (χ4n) is 2.78. The Morgan fingerprint density at radius 3 is 2.67 bits per heavy atom. The Hall–Kier alpha value is -1.73. The lowest BCUT2D eigenvalue weighted by Gasteiger charge is -2.16. The first-order chi connectivity index (χ1) is 12.5. The Morgan fingerprint density at radius 2 is 2.07 bits per heavy atom. The highest BCUT2D eigenvalue weighted by molar-refractivity contribution is 7.16. The lowest BCUT2D eigenvalue weighted by Crippen LogP contribution is -2.31. The molecule has 3 heterocycles. The van der Waals surface area contributed by atoms with Crippen molar-refractivity contribution >= 4 is 33.9 Å². The number of carbonyl (C=O) groups is 1. The van der Waals surface area contributed by atoms with Crippen LogP contribution in [-0.2, 0) is 24.1 Å². The van der Waals surface area contributed by atoms with Gasteiger partial charge in [-0.2, -0.15) is 31.6 Å². The van der Waals surface area contributed by atoms with Crippen molar-refractivity contribution < 1.29 is 31.5 Å². The maximum absolute atomic E-state index is 13.5. The summed E-state index contributed by atoms with van der Waals surface area (Å²) in [5.74, 6) is 0. The molecule has 1 atom stereocenters. The van der Waals surface area contributed by atoms with Gasteiger partial charge in [0.05, 0.1) is 24.9 Å². The van der Waals surface area contributed by atoms with E-state index in [4.69, 9.17) is 16.3 Å². The quantitative estimate of drug-likeness (QED) is 0.561. The Morgan fingerprint density at radius 1 is 1.37 bits per heavy atom. The molecule has 2 amide bonds. The SMILES string of the molecule is COCc1nn2c(C(F)(F)F)c(CN3CC(CC(F)(F)Cl)NC3=O)nc2s1. The first-order valence-electron chi connectivity index (χ1n) is 7.53. The molecule has 1 unspecified atom stereocenters. The van der Waals surface area contributed by atoms with E-state index in [1.807, 2.05) is 0 Å². The van der Waals surface area contributed by atoms with Crippen molar-refractivity contribution in [3.63, 3.8) is 0 Å². The van der Waals surface area contributed by atoms with Crippen LogP contribution in [-0.4, -0.2) is 50.6 Å².